The van der Waals surface area contributed by atoms with Crippen molar-refractivity contribution in [2.45, 2.75) is 98.2 Å². The highest BCUT2D eigenvalue weighted by atomic mass is 16.7. The number of fused-ring (bicyclic) bond motifs is 15. The van der Waals surface area contributed by atoms with Crippen LogP contribution in [0, 0.1) is 40.7 Å². The zero-order chi connectivity index (χ0) is 52.7. The number of esters is 1. The highest BCUT2D eigenvalue weighted by Gasteiger charge is 2.50. The first-order valence-electron chi connectivity index (χ1n) is 23.6. The van der Waals surface area contributed by atoms with Gasteiger partial charge in [0.05, 0.1) is 42.1 Å². The van der Waals surface area contributed by atoms with Gasteiger partial charge in [-0.15, -0.1) is 0 Å². The number of ketones is 1. The Bertz CT molecular complexity index is 2730. The molecule has 5 aliphatic heterocycles. The summed E-state index contributed by atoms with van der Waals surface area (Å²) in [5.74, 6) is -9.78. The van der Waals surface area contributed by atoms with Crippen LogP contribution in [-0.2, 0) is 39.9 Å². The Labute approximate surface area is 414 Å². The molecule has 1 saturated heterocycles. The maximum atomic E-state index is 14.7. The summed E-state index contributed by atoms with van der Waals surface area (Å²) in [6, 6.07) is 0.0645. The number of hydrogen-bond acceptors (Lipinski definition) is 19. The van der Waals surface area contributed by atoms with Gasteiger partial charge >= 0.3 is 23.6 Å². The van der Waals surface area contributed by atoms with Crippen LogP contribution >= 0.6 is 0 Å². The summed E-state index contributed by atoms with van der Waals surface area (Å²) in [6.45, 7) is 12.3. The second kappa shape index (κ2) is 21.0. The molecule has 0 unspecified atom stereocenters. The molecule has 0 spiro atoms. The molecule has 23 nitrogen and oxygen atoms in total. The van der Waals surface area contributed by atoms with Crippen LogP contribution in [0.3, 0.4) is 0 Å². The van der Waals surface area contributed by atoms with Crippen molar-refractivity contribution in [1.29, 1.82) is 0 Å². The number of anilines is 2. The van der Waals surface area contributed by atoms with Crippen LogP contribution in [0.1, 0.15) is 64.4 Å². The summed E-state index contributed by atoms with van der Waals surface area (Å²) in [7, 11) is 1.41. The average Bonchev–Trinajstić information content (AvgIpc) is 3.90. The third-order valence-corrected chi connectivity index (χ3v) is 14.1. The number of aliphatic hydroxyl groups excluding tert-OH is 2. The van der Waals surface area contributed by atoms with Crippen molar-refractivity contribution >= 4 is 51.5 Å². The van der Waals surface area contributed by atoms with Gasteiger partial charge < -0.3 is 79.2 Å². The second-order valence-electron chi connectivity index (χ2n) is 19.0. The first-order chi connectivity index (χ1) is 34.0. The molecule has 0 aliphatic carbocycles. The second-order valence-corrected chi connectivity index (χ2v) is 19.0. The molecule has 8 rings (SSSR count). The number of allylic oxidation sites excluding steroid dienone is 2. The highest BCUT2D eigenvalue weighted by molar-refractivity contribution is 6.23. The largest absolute Gasteiger partial charge is 0.507 e. The fourth-order valence-corrected chi connectivity index (χ4v) is 9.73. The minimum Gasteiger partial charge on any atom is -0.507 e. The van der Waals surface area contributed by atoms with Gasteiger partial charge in [-0.25, -0.2) is 0 Å². The number of Topliss-reactive ketones (excluding diaryl/α,β-unsaturated/α-hetero) is 1. The molecule has 1 aromatic heterocycles. The van der Waals surface area contributed by atoms with Gasteiger partial charge in [0.15, 0.2) is 5.75 Å². The molecule has 2 amide bonds. The van der Waals surface area contributed by atoms with E-state index >= 15 is 0 Å². The molecule has 72 heavy (non-hydrogen) atoms. The maximum absolute atomic E-state index is 14.7. The van der Waals surface area contributed by atoms with E-state index in [-0.39, 0.29) is 102 Å². The van der Waals surface area contributed by atoms with E-state index < -0.39 is 106 Å². The Morgan fingerprint density at radius 2 is 1.67 bits per heavy atom. The Balaban J connectivity index is 1.25. The van der Waals surface area contributed by atoms with E-state index in [0.29, 0.717) is 0 Å². The fraction of sp³-hybridized carbons (Fsp3) is 0.531. The number of phenolic OH excluding ortho intramolecular Hbond substituents is 3. The molecular weight excluding hydrogens is 945 g/mol. The topological polar surface area (TPSA) is 304 Å². The van der Waals surface area contributed by atoms with Crippen LogP contribution in [0.2, 0.25) is 0 Å². The molecular formula is C49H62N6O17. The molecule has 6 heterocycles. The van der Waals surface area contributed by atoms with E-state index in [1.807, 2.05) is 0 Å². The van der Waals surface area contributed by atoms with Crippen LogP contribution in [-0.4, -0.2) is 151 Å². The molecule has 23 heteroatoms. The zero-order valence-corrected chi connectivity index (χ0v) is 41.5. The number of aliphatic hydroxyl groups is 2. The number of piperazine rings is 1. The van der Waals surface area contributed by atoms with Gasteiger partial charge in [0.25, 0.3) is 11.7 Å². The van der Waals surface area contributed by atoms with Crippen molar-refractivity contribution in [1.82, 2.24) is 14.5 Å². The summed E-state index contributed by atoms with van der Waals surface area (Å²) in [4.78, 5) is 72.1. The lowest BCUT2D eigenvalue weighted by Crippen LogP contribution is -2.50. The van der Waals surface area contributed by atoms with Gasteiger partial charge in [0, 0.05) is 92.3 Å². The molecule has 5 aliphatic rings. The number of carbonyl (C=O) groups is 4. The quantitative estimate of drug-likeness (QED) is 0.0641. The van der Waals surface area contributed by atoms with E-state index in [2.05, 4.69) is 10.3 Å². The molecule has 1 fully saturated rings. The van der Waals surface area contributed by atoms with Crippen LogP contribution in [0.25, 0.3) is 10.8 Å². The number of nitro groups is 1. The lowest BCUT2D eigenvalue weighted by atomic mass is 9.78. The highest BCUT2D eigenvalue weighted by Crippen LogP contribution is 2.58. The first-order valence-corrected chi connectivity index (χ1v) is 23.6. The predicted molar refractivity (Wildman–Crippen MR) is 257 cm³/mol. The normalized spacial score (nSPS) is 29.8. The molecule has 0 saturated carbocycles. The SMILES string of the molecule is CO[C@H]1/C=C/O[C@@]2(C)Oc3c(C)c(O)c4c(O)c(c(N5CCN(C(=O)CO[C@@H]6COc7nc([N+](=O)[O-])cn7C6)CC5)c(O)c4c3C2=O)NC(=O)/C(C)=C\C=C\[C@H](C)[C@H](O)[C@@H](C)[C@@H](O)[C@@H](C)[C@H](OC(C)=O)[C@@H]1C. The van der Waals surface area contributed by atoms with Crippen molar-refractivity contribution < 1.29 is 78.1 Å². The average molecular weight is 1010 g/mol. The lowest BCUT2D eigenvalue weighted by molar-refractivity contribution is -0.389. The van der Waals surface area contributed by atoms with Crippen LogP contribution < -0.4 is 19.7 Å². The molecule has 10 atom stereocenters. The Morgan fingerprint density at radius 1 is 0.972 bits per heavy atom. The monoisotopic (exact) mass is 1010 g/mol. The van der Waals surface area contributed by atoms with Gasteiger partial charge in [-0.2, -0.15) is 0 Å². The van der Waals surface area contributed by atoms with Gasteiger partial charge in [-0.1, -0.05) is 45.9 Å². The Kier molecular flexibility index (Phi) is 15.4. The lowest BCUT2D eigenvalue weighted by Gasteiger charge is -2.38. The molecule has 390 valence electrons. The number of benzene rings is 2. The van der Waals surface area contributed by atoms with Gasteiger partial charge in [0.2, 0.25) is 5.91 Å². The summed E-state index contributed by atoms with van der Waals surface area (Å²) < 4.78 is 36.5. The van der Waals surface area contributed by atoms with E-state index in [1.165, 1.54) is 68.9 Å². The maximum Gasteiger partial charge on any atom is 0.414 e. The number of carbonyl (C=O) groups excluding carboxylic acids is 4. The number of imidazole rings is 1. The fourth-order valence-electron chi connectivity index (χ4n) is 9.73. The van der Waals surface area contributed by atoms with Crippen molar-refractivity contribution in [3.05, 3.63) is 63.6 Å². The van der Waals surface area contributed by atoms with Gasteiger partial charge in [-0.05, 0) is 24.8 Å². The van der Waals surface area contributed by atoms with Crippen molar-refractivity contribution in [2.75, 3.05) is 56.7 Å². The van der Waals surface area contributed by atoms with E-state index in [1.54, 1.807) is 44.7 Å². The van der Waals surface area contributed by atoms with E-state index in [0.717, 1.165) is 0 Å². The number of aromatic hydroxyl groups is 3. The molecule has 0 radical (unpaired) electrons. The molecule has 3 aromatic rings. The van der Waals surface area contributed by atoms with Crippen LogP contribution in [0.4, 0.5) is 17.2 Å². The number of phenols is 3. The van der Waals surface area contributed by atoms with E-state index in [4.69, 9.17) is 28.4 Å². The minimum atomic E-state index is -2.12. The standard InChI is InChI=1S/C49H62N6O17/c1-23-11-10-12-24(2)47(64)51-37-38(53-16-14-52(15-17-53)33(57)22-68-30-19-54-20-32(55(65)66)50-48(54)69-21-30)43(62)34-35(42(37)61)41(60)28(6)45-36(34)46(63)49(8,72-45)70-18-13-31(67-9)25(3)44(71-29(7)56)27(5)40(59)26(4)39(23)58/h10-13,18,20,23,25-27,30-31,39-40,44,58-62H,14-17,19,21-22H2,1-9H3,(H,51,64)/b11-10+,18-13+,24-12-/t23-,25+,26+,27+,30-,31-,39-,40+,44+,49-/m0/s1. The van der Waals surface area contributed by atoms with Crippen molar-refractivity contribution in [2.24, 2.45) is 23.7 Å². The smallest absolute Gasteiger partial charge is 0.414 e. The Morgan fingerprint density at radius 3 is 2.32 bits per heavy atom. The number of hydrogen-bond donors (Lipinski definition) is 6. The summed E-state index contributed by atoms with van der Waals surface area (Å²) >= 11 is 0. The van der Waals surface area contributed by atoms with E-state index in [9.17, 15) is 54.8 Å². The number of rotatable bonds is 7. The third kappa shape index (κ3) is 10.1. The summed E-state index contributed by atoms with van der Waals surface area (Å²) in [6.07, 6.45) is 3.82. The number of aromatic nitrogens is 2. The molecule has 6 N–H and O–H groups in total. The number of ether oxygens (including phenoxy) is 6. The van der Waals surface area contributed by atoms with Gasteiger partial charge in [-0.3, -0.25) is 23.7 Å². The van der Waals surface area contributed by atoms with Gasteiger partial charge in [0.1, 0.15) is 60.2 Å². The first kappa shape index (κ1) is 52.9. The van der Waals surface area contributed by atoms with Crippen LogP contribution in [0.5, 0.6) is 29.0 Å². The summed E-state index contributed by atoms with van der Waals surface area (Å²) in [5, 5.41) is 72.7. The van der Waals surface area contributed by atoms with Crippen molar-refractivity contribution in [3.8, 4) is 29.0 Å². The predicted octanol–water partition coefficient (Wildman–Crippen LogP) is 3.99. The zero-order valence-electron chi connectivity index (χ0n) is 41.5. The van der Waals surface area contributed by atoms with Crippen molar-refractivity contribution in [3.63, 3.8) is 0 Å². The minimum absolute atomic E-state index is 0.000210. The molecule has 5 bridgehead atoms. The van der Waals surface area contributed by atoms with Crippen LogP contribution in [0.15, 0.2) is 42.3 Å². The molecule has 2 aromatic carbocycles. The summed E-state index contributed by atoms with van der Waals surface area (Å²) in [5.41, 5.74) is -0.579. The number of nitrogens with zero attached hydrogens (tertiary/aromatic N) is 5. The number of methoxy groups -OCH3 is 1. The number of nitrogens with one attached hydrogen (secondary N) is 1. The third-order valence-electron chi connectivity index (χ3n) is 14.1. The number of amides is 2. The Hall–Kier alpha value is -6.95.